The van der Waals surface area contributed by atoms with Crippen LogP contribution in [-0.2, 0) is 13.6 Å². The van der Waals surface area contributed by atoms with E-state index in [0.717, 1.165) is 6.42 Å². The van der Waals surface area contributed by atoms with Crippen LogP contribution in [0.25, 0.3) is 0 Å². The normalized spacial score (nSPS) is 22.1. The molecule has 1 aliphatic rings. The van der Waals surface area contributed by atoms with Crippen molar-refractivity contribution in [2.24, 2.45) is 5.92 Å². The molecule has 0 radical (unpaired) electrons. The smallest absolute Gasteiger partial charge is 0.302 e. The van der Waals surface area contributed by atoms with Gasteiger partial charge >= 0.3 is 7.82 Å². The fraction of sp³-hybridized carbons (Fsp3) is 1.00. The molecule has 0 spiro atoms. The second-order valence-electron chi connectivity index (χ2n) is 4.40. The van der Waals surface area contributed by atoms with Crippen LogP contribution in [0, 0.1) is 5.92 Å². The minimum atomic E-state index is -3.81. The topological polar surface area (TPSA) is 55.8 Å². The Kier molecular flexibility index (Phi) is 5.27. The number of phosphoric acid groups is 1. The maximum absolute atomic E-state index is 11.3. The fourth-order valence-corrected chi connectivity index (χ4v) is 2.86. The second kappa shape index (κ2) is 6.00. The average molecular weight is 236 g/mol. The van der Waals surface area contributed by atoms with Crippen LogP contribution in [0.15, 0.2) is 0 Å². The molecule has 1 atom stereocenters. The molecule has 4 nitrogen and oxygen atoms in total. The maximum atomic E-state index is 11.3. The SMILES string of the molecule is CC(C)OP(=O)(O)OCCC1CCCC1. The highest BCUT2D eigenvalue weighted by Gasteiger charge is 2.23. The highest BCUT2D eigenvalue weighted by molar-refractivity contribution is 7.47. The first-order chi connectivity index (χ1) is 6.99. The second-order valence-corrected chi connectivity index (χ2v) is 5.80. The minimum Gasteiger partial charge on any atom is -0.302 e. The van der Waals surface area contributed by atoms with Gasteiger partial charge in [-0.3, -0.25) is 9.05 Å². The van der Waals surface area contributed by atoms with Crippen LogP contribution in [-0.4, -0.2) is 17.6 Å². The monoisotopic (exact) mass is 236 g/mol. The first-order valence-electron chi connectivity index (χ1n) is 5.65. The molecule has 0 bridgehead atoms. The van der Waals surface area contributed by atoms with Gasteiger partial charge in [0.25, 0.3) is 0 Å². The van der Waals surface area contributed by atoms with Gasteiger partial charge in [-0.2, -0.15) is 0 Å². The Labute approximate surface area is 91.6 Å². The highest BCUT2D eigenvalue weighted by Crippen LogP contribution is 2.45. The van der Waals surface area contributed by atoms with E-state index < -0.39 is 7.82 Å². The molecule has 1 fully saturated rings. The predicted molar refractivity (Wildman–Crippen MR) is 58.6 cm³/mol. The largest absolute Gasteiger partial charge is 0.472 e. The van der Waals surface area contributed by atoms with Crippen molar-refractivity contribution < 1.29 is 18.5 Å². The van der Waals surface area contributed by atoms with E-state index in [1.54, 1.807) is 13.8 Å². The lowest BCUT2D eigenvalue weighted by atomic mass is 10.1. The molecule has 1 rings (SSSR count). The first kappa shape index (κ1) is 13.2. The Morgan fingerprint density at radius 2 is 2.00 bits per heavy atom. The summed E-state index contributed by atoms with van der Waals surface area (Å²) in [5.41, 5.74) is 0. The van der Waals surface area contributed by atoms with E-state index in [2.05, 4.69) is 0 Å². The van der Waals surface area contributed by atoms with Gasteiger partial charge in [-0.15, -0.1) is 0 Å². The van der Waals surface area contributed by atoms with Crippen molar-refractivity contribution in [1.29, 1.82) is 0 Å². The lowest BCUT2D eigenvalue weighted by Gasteiger charge is -2.15. The van der Waals surface area contributed by atoms with Gasteiger partial charge in [0.2, 0.25) is 0 Å². The molecule has 90 valence electrons. The summed E-state index contributed by atoms with van der Waals surface area (Å²) in [5, 5.41) is 0. The first-order valence-corrected chi connectivity index (χ1v) is 7.15. The molecule has 1 unspecified atom stereocenters. The van der Waals surface area contributed by atoms with Gasteiger partial charge in [0, 0.05) is 0 Å². The molecule has 1 aliphatic carbocycles. The van der Waals surface area contributed by atoms with Gasteiger partial charge in [0.1, 0.15) is 0 Å². The van der Waals surface area contributed by atoms with E-state index in [1.807, 2.05) is 0 Å². The molecule has 5 heteroatoms. The molecular formula is C10H21O4P. The van der Waals surface area contributed by atoms with Gasteiger partial charge < -0.3 is 4.89 Å². The Hall–Kier alpha value is 0.110. The van der Waals surface area contributed by atoms with Crippen LogP contribution < -0.4 is 0 Å². The standard InChI is InChI=1S/C10H21O4P/c1-9(2)14-15(11,12)13-8-7-10-5-3-4-6-10/h9-10H,3-8H2,1-2H3,(H,11,12). The highest BCUT2D eigenvalue weighted by atomic mass is 31.2. The number of hydrogen-bond donors (Lipinski definition) is 1. The average Bonchev–Trinajstić information content (AvgIpc) is 2.53. The quantitative estimate of drug-likeness (QED) is 0.720. The van der Waals surface area contributed by atoms with Crippen molar-refractivity contribution in [3.05, 3.63) is 0 Å². The van der Waals surface area contributed by atoms with Crippen LogP contribution in [0.3, 0.4) is 0 Å². The molecule has 0 amide bonds. The molecule has 0 heterocycles. The van der Waals surface area contributed by atoms with Crippen molar-refractivity contribution >= 4 is 7.82 Å². The zero-order valence-corrected chi connectivity index (χ0v) is 10.4. The summed E-state index contributed by atoms with van der Waals surface area (Å²) in [6.45, 7) is 3.75. The molecule has 0 aromatic rings. The summed E-state index contributed by atoms with van der Waals surface area (Å²) in [5.74, 6) is 0.670. The Morgan fingerprint density at radius 3 is 2.53 bits per heavy atom. The van der Waals surface area contributed by atoms with Crippen molar-refractivity contribution in [3.63, 3.8) is 0 Å². The fourth-order valence-electron chi connectivity index (χ4n) is 1.93. The van der Waals surface area contributed by atoms with Gasteiger partial charge in [0.05, 0.1) is 12.7 Å². The number of phosphoric ester groups is 1. The molecule has 0 aliphatic heterocycles. The van der Waals surface area contributed by atoms with Crippen LogP contribution >= 0.6 is 7.82 Å². The lowest BCUT2D eigenvalue weighted by molar-refractivity contribution is 0.116. The summed E-state index contributed by atoms with van der Waals surface area (Å²) < 4.78 is 21.0. The maximum Gasteiger partial charge on any atom is 0.472 e. The lowest BCUT2D eigenvalue weighted by Crippen LogP contribution is -2.05. The molecular weight excluding hydrogens is 215 g/mol. The summed E-state index contributed by atoms with van der Waals surface area (Å²) in [6.07, 6.45) is 5.60. The Bertz CT molecular complexity index is 223. The van der Waals surface area contributed by atoms with E-state index in [0.29, 0.717) is 12.5 Å². The van der Waals surface area contributed by atoms with E-state index in [4.69, 9.17) is 9.05 Å². The van der Waals surface area contributed by atoms with Crippen molar-refractivity contribution in [3.8, 4) is 0 Å². The summed E-state index contributed by atoms with van der Waals surface area (Å²) in [7, 11) is -3.81. The van der Waals surface area contributed by atoms with Crippen molar-refractivity contribution in [1.82, 2.24) is 0 Å². The Morgan fingerprint density at radius 1 is 1.40 bits per heavy atom. The molecule has 1 saturated carbocycles. The molecule has 1 N–H and O–H groups in total. The zero-order chi connectivity index (χ0) is 11.3. The van der Waals surface area contributed by atoms with E-state index in [9.17, 15) is 9.46 Å². The van der Waals surface area contributed by atoms with Gasteiger partial charge in [-0.25, -0.2) is 4.57 Å². The zero-order valence-electron chi connectivity index (χ0n) is 9.52. The van der Waals surface area contributed by atoms with E-state index in [1.165, 1.54) is 25.7 Å². The third-order valence-corrected chi connectivity index (χ3v) is 3.80. The minimum absolute atomic E-state index is 0.285. The molecule has 0 aromatic carbocycles. The van der Waals surface area contributed by atoms with Crippen LogP contribution in [0.4, 0.5) is 0 Å². The summed E-state index contributed by atoms with van der Waals surface area (Å²) >= 11 is 0. The van der Waals surface area contributed by atoms with E-state index >= 15 is 0 Å². The van der Waals surface area contributed by atoms with Crippen LogP contribution in [0.2, 0.25) is 0 Å². The third kappa shape index (κ3) is 5.67. The van der Waals surface area contributed by atoms with Gasteiger partial charge in [-0.05, 0) is 26.2 Å². The number of hydrogen-bond acceptors (Lipinski definition) is 3. The number of rotatable bonds is 6. The van der Waals surface area contributed by atoms with Crippen LogP contribution in [0.5, 0.6) is 0 Å². The molecule has 15 heavy (non-hydrogen) atoms. The summed E-state index contributed by atoms with van der Waals surface area (Å²) in [6, 6.07) is 0. The summed E-state index contributed by atoms with van der Waals surface area (Å²) in [4.78, 5) is 9.27. The predicted octanol–water partition coefficient (Wildman–Crippen LogP) is 3.11. The van der Waals surface area contributed by atoms with Crippen LogP contribution in [0.1, 0.15) is 46.0 Å². The van der Waals surface area contributed by atoms with Gasteiger partial charge in [-0.1, -0.05) is 25.7 Å². The van der Waals surface area contributed by atoms with Gasteiger partial charge in [0.15, 0.2) is 0 Å². The van der Waals surface area contributed by atoms with Crippen molar-refractivity contribution in [2.75, 3.05) is 6.61 Å². The van der Waals surface area contributed by atoms with Crippen molar-refractivity contribution in [2.45, 2.75) is 52.1 Å². The third-order valence-electron chi connectivity index (χ3n) is 2.60. The van der Waals surface area contributed by atoms with E-state index in [-0.39, 0.29) is 6.10 Å². The Balaban J connectivity index is 2.15. The molecule has 0 saturated heterocycles. The molecule has 0 aromatic heterocycles.